The summed E-state index contributed by atoms with van der Waals surface area (Å²) < 4.78 is 7.43. The summed E-state index contributed by atoms with van der Waals surface area (Å²) in [7, 11) is 0. The first-order chi connectivity index (χ1) is 7.09. The minimum Gasteiger partial charge on any atom is -0.258 e. The van der Waals surface area contributed by atoms with Crippen LogP contribution in [0.15, 0.2) is 12.1 Å². The van der Waals surface area contributed by atoms with Gasteiger partial charge in [0.15, 0.2) is 5.52 Å². The lowest BCUT2D eigenvalue weighted by molar-refractivity contribution is -0.393. The molecular weight excluding hydrogens is 224 g/mol. The van der Waals surface area contributed by atoms with Crippen molar-refractivity contribution < 1.29 is 9.85 Å². The van der Waals surface area contributed by atoms with Gasteiger partial charge in [0.2, 0.25) is 0 Å². The summed E-state index contributed by atoms with van der Waals surface area (Å²) in [5.74, 6) is 0. The van der Waals surface area contributed by atoms with E-state index >= 15 is 0 Å². The lowest BCUT2D eigenvalue weighted by Gasteiger charge is -1.92. The third-order valence-electron chi connectivity index (χ3n) is 1.73. The fourth-order valence-corrected chi connectivity index (χ4v) is 1.64. The number of benzene rings is 1. The van der Waals surface area contributed by atoms with Crippen molar-refractivity contribution in [1.82, 2.24) is 8.75 Å². The van der Waals surface area contributed by atoms with Gasteiger partial charge in [-0.3, -0.25) is 20.2 Å². The van der Waals surface area contributed by atoms with E-state index in [0.29, 0.717) is 0 Å². The molecule has 0 bridgehead atoms. The average Bonchev–Trinajstić information content (AvgIpc) is 2.62. The molecule has 0 amide bonds. The van der Waals surface area contributed by atoms with Crippen LogP contribution in [0.3, 0.4) is 0 Å². The molecule has 1 aromatic heterocycles. The number of nitrogens with zero attached hydrogens (tertiary/aromatic N) is 4. The highest BCUT2D eigenvalue weighted by atomic mass is 32.1. The van der Waals surface area contributed by atoms with E-state index in [9.17, 15) is 20.2 Å². The SMILES string of the molecule is O=[N+]([O-])c1cc([N+](=O)[O-])c2nsnc2c1. The molecule has 1 aromatic carbocycles. The Bertz CT molecular complexity index is 565. The first kappa shape index (κ1) is 9.40. The molecule has 0 saturated heterocycles. The standard InChI is InChI=1S/C6H2N4O4S/c11-9(12)3-1-4-6(8-15-7-4)5(2-3)10(13)14/h1-2H. The second-order valence-corrected chi connectivity index (χ2v) is 3.14. The number of fused-ring (bicyclic) bond motifs is 1. The Morgan fingerprint density at radius 3 is 2.47 bits per heavy atom. The van der Waals surface area contributed by atoms with Gasteiger partial charge >= 0.3 is 5.69 Å². The molecule has 1 heterocycles. The number of nitro benzene ring substituents is 2. The number of hydrogen-bond acceptors (Lipinski definition) is 7. The predicted octanol–water partition coefficient (Wildman–Crippen LogP) is 1.51. The van der Waals surface area contributed by atoms with Gasteiger partial charge in [-0.15, -0.1) is 0 Å². The van der Waals surface area contributed by atoms with Crippen LogP contribution < -0.4 is 0 Å². The molecule has 0 radical (unpaired) electrons. The zero-order chi connectivity index (χ0) is 11.0. The van der Waals surface area contributed by atoms with Crippen molar-refractivity contribution in [2.24, 2.45) is 0 Å². The van der Waals surface area contributed by atoms with Crippen LogP contribution in [0.5, 0.6) is 0 Å². The third-order valence-corrected chi connectivity index (χ3v) is 2.28. The van der Waals surface area contributed by atoms with Gasteiger partial charge in [0.05, 0.1) is 27.6 Å². The van der Waals surface area contributed by atoms with Gasteiger partial charge in [0.25, 0.3) is 5.69 Å². The van der Waals surface area contributed by atoms with Gasteiger partial charge in [0, 0.05) is 6.07 Å². The highest BCUT2D eigenvalue weighted by Gasteiger charge is 2.21. The van der Waals surface area contributed by atoms with Crippen molar-refractivity contribution in [3.05, 3.63) is 32.4 Å². The Morgan fingerprint density at radius 2 is 1.87 bits per heavy atom. The van der Waals surface area contributed by atoms with Crippen LogP contribution in [-0.4, -0.2) is 18.6 Å². The summed E-state index contributed by atoms with van der Waals surface area (Å²) in [5, 5.41) is 21.1. The Kier molecular flexibility index (Phi) is 2.01. The molecule has 0 N–H and O–H groups in total. The maximum Gasteiger partial charge on any atom is 0.305 e. The van der Waals surface area contributed by atoms with E-state index in [1.54, 1.807) is 0 Å². The second-order valence-electron chi connectivity index (χ2n) is 2.61. The monoisotopic (exact) mass is 226 g/mol. The molecule has 0 spiro atoms. The van der Waals surface area contributed by atoms with Crippen molar-refractivity contribution in [2.75, 3.05) is 0 Å². The van der Waals surface area contributed by atoms with Crippen LogP contribution in [0, 0.1) is 20.2 Å². The summed E-state index contributed by atoms with van der Waals surface area (Å²) in [5.41, 5.74) is -0.508. The number of hydrogen-bond donors (Lipinski definition) is 0. The normalized spacial score (nSPS) is 10.4. The largest absolute Gasteiger partial charge is 0.305 e. The van der Waals surface area contributed by atoms with Crippen molar-refractivity contribution in [1.29, 1.82) is 0 Å². The molecule has 2 rings (SSSR count). The topological polar surface area (TPSA) is 112 Å². The third kappa shape index (κ3) is 1.48. The number of non-ortho nitro benzene ring substituents is 2. The van der Waals surface area contributed by atoms with E-state index in [1.165, 1.54) is 0 Å². The molecule has 0 fully saturated rings. The van der Waals surface area contributed by atoms with E-state index in [0.717, 1.165) is 23.9 Å². The lowest BCUT2D eigenvalue weighted by Crippen LogP contribution is -1.93. The molecule has 2 aromatic rings. The van der Waals surface area contributed by atoms with Gasteiger partial charge < -0.3 is 0 Å². The highest BCUT2D eigenvalue weighted by Crippen LogP contribution is 2.29. The van der Waals surface area contributed by atoms with Gasteiger partial charge in [-0.25, -0.2) is 0 Å². The van der Waals surface area contributed by atoms with Crippen molar-refractivity contribution >= 4 is 34.1 Å². The average molecular weight is 226 g/mol. The van der Waals surface area contributed by atoms with Crippen molar-refractivity contribution in [3.8, 4) is 0 Å². The van der Waals surface area contributed by atoms with Crippen LogP contribution in [0.1, 0.15) is 0 Å². The van der Waals surface area contributed by atoms with Gasteiger partial charge in [0.1, 0.15) is 5.52 Å². The van der Waals surface area contributed by atoms with E-state index in [-0.39, 0.29) is 16.7 Å². The fraction of sp³-hybridized carbons (Fsp3) is 0. The molecule has 0 aliphatic heterocycles. The Morgan fingerprint density at radius 1 is 1.13 bits per heavy atom. The van der Waals surface area contributed by atoms with E-state index in [1.807, 2.05) is 0 Å². The van der Waals surface area contributed by atoms with Gasteiger partial charge in [-0.2, -0.15) is 8.75 Å². The van der Waals surface area contributed by atoms with Crippen molar-refractivity contribution in [3.63, 3.8) is 0 Å². The minimum atomic E-state index is -0.712. The van der Waals surface area contributed by atoms with Crippen LogP contribution in [0.2, 0.25) is 0 Å². The molecule has 9 heteroatoms. The van der Waals surface area contributed by atoms with Gasteiger partial charge in [-0.05, 0) is 0 Å². The van der Waals surface area contributed by atoms with Crippen LogP contribution in [0.4, 0.5) is 11.4 Å². The smallest absolute Gasteiger partial charge is 0.258 e. The molecule has 76 valence electrons. The molecule has 0 aliphatic rings. The van der Waals surface area contributed by atoms with E-state index in [4.69, 9.17) is 0 Å². The minimum absolute atomic E-state index is 0.0793. The summed E-state index contributed by atoms with van der Waals surface area (Å²) in [4.78, 5) is 19.7. The summed E-state index contributed by atoms with van der Waals surface area (Å²) in [6.07, 6.45) is 0. The molecule has 0 atom stereocenters. The molecule has 0 unspecified atom stereocenters. The fourth-order valence-electron chi connectivity index (χ4n) is 1.10. The molecule has 8 nitrogen and oxygen atoms in total. The number of rotatable bonds is 2. The highest BCUT2D eigenvalue weighted by molar-refractivity contribution is 7.00. The maximum absolute atomic E-state index is 10.6. The van der Waals surface area contributed by atoms with Crippen LogP contribution >= 0.6 is 11.7 Å². The second kappa shape index (κ2) is 3.20. The predicted molar refractivity (Wildman–Crippen MR) is 50.7 cm³/mol. The molecule has 15 heavy (non-hydrogen) atoms. The Balaban J connectivity index is 2.80. The molecule has 0 saturated carbocycles. The lowest BCUT2D eigenvalue weighted by atomic mass is 10.2. The first-order valence-electron chi connectivity index (χ1n) is 3.64. The zero-order valence-electron chi connectivity index (χ0n) is 6.98. The van der Waals surface area contributed by atoms with E-state index in [2.05, 4.69) is 8.75 Å². The number of aromatic nitrogens is 2. The van der Waals surface area contributed by atoms with Crippen LogP contribution in [0.25, 0.3) is 11.0 Å². The number of nitro groups is 2. The first-order valence-corrected chi connectivity index (χ1v) is 4.37. The zero-order valence-corrected chi connectivity index (χ0v) is 7.80. The van der Waals surface area contributed by atoms with Crippen molar-refractivity contribution in [2.45, 2.75) is 0 Å². The summed E-state index contributed by atoms with van der Waals surface area (Å²) >= 11 is 0.778. The van der Waals surface area contributed by atoms with E-state index < -0.39 is 15.5 Å². The Hall–Kier alpha value is -2.16. The Labute approximate surface area is 85.8 Å². The molecule has 0 aliphatic carbocycles. The molecular formula is C6H2N4O4S. The summed E-state index contributed by atoms with van der Waals surface area (Å²) in [6, 6.07) is 2.04. The summed E-state index contributed by atoms with van der Waals surface area (Å²) in [6.45, 7) is 0. The maximum atomic E-state index is 10.6. The quantitative estimate of drug-likeness (QED) is 0.566. The van der Waals surface area contributed by atoms with Crippen LogP contribution in [-0.2, 0) is 0 Å². The van der Waals surface area contributed by atoms with Gasteiger partial charge in [-0.1, -0.05) is 0 Å².